The zero-order valence-electron chi connectivity index (χ0n) is 7.05. The van der Waals surface area contributed by atoms with Gasteiger partial charge in [0, 0.05) is 18.4 Å². The molecule has 5 atom stereocenters. The summed E-state index contributed by atoms with van der Waals surface area (Å²) in [6.07, 6.45) is 3.60. The second-order valence-electron chi connectivity index (χ2n) is 3.61. The number of aliphatic hydroxyl groups is 2. The molecule has 3 nitrogen and oxygen atoms in total. The molecule has 2 N–H and O–H groups in total. The van der Waals surface area contributed by atoms with E-state index in [9.17, 15) is 5.11 Å². The molecule has 0 radical (unpaired) electrons. The fourth-order valence-corrected chi connectivity index (χ4v) is 2.27. The maximum absolute atomic E-state index is 9.45. The first-order valence-electron chi connectivity index (χ1n) is 4.36. The summed E-state index contributed by atoms with van der Waals surface area (Å²) in [6, 6.07) is 0. The van der Waals surface area contributed by atoms with Crippen molar-refractivity contribution in [3.05, 3.63) is 12.2 Å². The summed E-state index contributed by atoms with van der Waals surface area (Å²) in [4.78, 5) is 0. The lowest BCUT2D eigenvalue weighted by molar-refractivity contribution is 0.0590. The molecule has 2 rings (SSSR count). The molecule has 0 aromatic heterocycles. The summed E-state index contributed by atoms with van der Waals surface area (Å²) in [5.41, 5.74) is 0. The molecule has 1 fully saturated rings. The quantitative estimate of drug-likeness (QED) is 0.570. The van der Waals surface area contributed by atoms with Crippen molar-refractivity contribution in [2.24, 2.45) is 11.8 Å². The van der Waals surface area contributed by atoms with E-state index in [2.05, 4.69) is 0 Å². The first-order chi connectivity index (χ1) is 5.74. The van der Waals surface area contributed by atoms with E-state index in [-0.39, 0.29) is 30.7 Å². The Bertz CT molecular complexity index is 200. The third-order valence-electron chi connectivity index (χ3n) is 2.87. The molecular formula is C9H14O3. The van der Waals surface area contributed by atoms with Gasteiger partial charge in [-0.15, -0.1) is 0 Å². The average Bonchev–Trinajstić information content (AvgIpc) is 2.60. The number of ether oxygens (including phenoxy) is 1. The molecule has 3 heteroatoms. The normalized spacial score (nSPS) is 46.9. The van der Waals surface area contributed by atoms with Crippen LogP contribution in [0.1, 0.15) is 6.92 Å². The van der Waals surface area contributed by atoms with Crippen LogP contribution in [-0.2, 0) is 4.74 Å². The molecule has 2 aliphatic heterocycles. The maximum atomic E-state index is 9.45. The third kappa shape index (κ3) is 1.01. The van der Waals surface area contributed by atoms with Crippen LogP contribution >= 0.6 is 0 Å². The highest BCUT2D eigenvalue weighted by Crippen LogP contribution is 2.40. The summed E-state index contributed by atoms with van der Waals surface area (Å²) in [5.74, 6) is 0.157. The Morgan fingerprint density at radius 1 is 1.42 bits per heavy atom. The molecule has 0 aromatic carbocycles. The first kappa shape index (κ1) is 8.23. The minimum absolute atomic E-state index is 0.0205. The van der Waals surface area contributed by atoms with E-state index in [0.29, 0.717) is 0 Å². The van der Waals surface area contributed by atoms with Crippen molar-refractivity contribution in [1.82, 2.24) is 0 Å². The van der Waals surface area contributed by atoms with Gasteiger partial charge in [-0.3, -0.25) is 0 Å². The topological polar surface area (TPSA) is 49.7 Å². The maximum Gasteiger partial charge on any atom is 0.0822 e. The van der Waals surface area contributed by atoms with Crippen LogP contribution in [-0.4, -0.2) is 35.1 Å². The summed E-state index contributed by atoms with van der Waals surface area (Å²) >= 11 is 0. The molecule has 2 bridgehead atoms. The van der Waals surface area contributed by atoms with Crippen molar-refractivity contribution in [3.8, 4) is 0 Å². The van der Waals surface area contributed by atoms with Crippen LogP contribution in [0.5, 0.6) is 0 Å². The minimum Gasteiger partial charge on any atom is -0.396 e. The van der Waals surface area contributed by atoms with Crippen molar-refractivity contribution < 1.29 is 14.9 Å². The highest BCUT2D eigenvalue weighted by Gasteiger charge is 2.47. The number of hydrogen-bond acceptors (Lipinski definition) is 3. The predicted octanol–water partition coefficient (Wildman–Crippen LogP) is -0.0709. The van der Waals surface area contributed by atoms with Crippen molar-refractivity contribution in [2.75, 3.05) is 6.61 Å². The molecule has 12 heavy (non-hydrogen) atoms. The van der Waals surface area contributed by atoms with Gasteiger partial charge in [0.2, 0.25) is 0 Å². The molecule has 0 spiro atoms. The SMILES string of the molecule is CC(O)C1C2C=CC(O2)C1CO. The van der Waals surface area contributed by atoms with Gasteiger partial charge in [-0.05, 0) is 6.92 Å². The number of hydrogen-bond donors (Lipinski definition) is 2. The van der Waals surface area contributed by atoms with Crippen LogP contribution in [0.25, 0.3) is 0 Å². The van der Waals surface area contributed by atoms with Gasteiger partial charge in [-0.2, -0.15) is 0 Å². The van der Waals surface area contributed by atoms with Crippen molar-refractivity contribution >= 4 is 0 Å². The fraction of sp³-hybridized carbons (Fsp3) is 0.778. The molecule has 68 valence electrons. The Kier molecular flexibility index (Phi) is 1.94. The highest BCUT2D eigenvalue weighted by atomic mass is 16.5. The van der Waals surface area contributed by atoms with Crippen LogP contribution < -0.4 is 0 Å². The van der Waals surface area contributed by atoms with E-state index < -0.39 is 6.10 Å². The van der Waals surface area contributed by atoms with Gasteiger partial charge in [-0.1, -0.05) is 12.2 Å². The van der Waals surface area contributed by atoms with E-state index in [1.54, 1.807) is 6.92 Å². The zero-order valence-corrected chi connectivity index (χ0v) is 7.05. The summed E-state index contributed by atoms with van der Waals surface area (Å²) < 4.78 is 5.52. The van der Waals surface area contributed by atoms with Crippen LogP contribution in [0.3, 0.4) is 0 Å². The van der Waals surface area contributed by atoms with Gasteiger partial charge in [0.05, 0.1) is 18.3 Å². The van der Waals surface area contributed by atoms with Crippen molar-refractivity contribution in [1.29, 1.82) is 0 Å². The average molecular weight is 170 g/mol. The van der Waals surface area contributed by atoms with Crippen LogP contribution in [0.2, 0.25) is 0 Å². The highest BCUT2D eigenvalue weighted by molar-refractivity contribution is 5.15. The van der Waals surface area contributed by atoms with E-state index in [1.807, 2.05) is 12.2 Å². The Morgan fingerprint density at radius 3 is 2.58 bits per heavy atom. The lowest BCUT2D eigenvalue weighted by Crippen LogP contribution is -2.34. The van der Waals surface area contributed by atoms with Gasteiger partial charge >= 0.3 is 0 Å². The Hall–Kier alpha value is -0.380. The Morgan fingerprint density at radius 2 is 2.08 bits per heavy atom. The van der Waals surface area contributed by atoms with Crippen LogP contribution in [0.15, 0.2) is 12.2 Å². The lowest BCUT2D eigenvalue weighted by atomic mass is 9.80. The lowest BCUT2D eigenvalue weighted by Gasteiger charge is -2.25. The molecule has 1 saturated heterocycles. The molecule has 0 aliphatic carbocycles. The number of rotatable bonds is 2. The van der Waals surface area contributed by atoms with E-state index in [4.69, 9.17) is 9.84 Å². The summed E-state index contributed by atoms with van der Waals surface area (Å²) in [5, 5.41) is 18.5. The summed E-state index contributed by atoms with van der Waals surface area (Å²) in [7, 11) is 0. The predicted molar refractivity (Wildman–Crippen MR) is 43.5 cm³/mol. The second-order valence-corrected chi connectivity index (χ2v) is 3.61. The standard InChI is InChI=1S/C9H14O3/c1-5(11)9-6(4-10)7-2-3-8(9)12-7/h2-3,5-11H,4H2,1H3. The molecular weight excluding hydrogens is 156 g/mol. The van der Waals surface area contributed by atoms with Crippen LogP contribution in [0.4, 0.5) is 0 Å². The fourth-order valence-electron chi connectivity index (χ4n) is 2.27. The van der Waals surface area contributed by atoms with Gasteiger partial charge < -0.3 is 14.9 Å². The second kappa shape index (κ2) is 2.83. The monoisotopic (exact) mass is 170 g/mol. The molecule has 2 aliphatic rings. The van der Waals surface area contributed by atoms with Gasteiger partial charge in [0.15, 0.2) is 0 Å². The molecule has 0 amide bonds. The zero-order chi connectivity index (χ0) is 8.72. The van der Waals surface area contributed by atoms with Crippen LogP contribution in [0, 0.1) is 11.8 Å². The van der Waals surface area contributed by atoms with E-state index in [0.717, 1.165) is 0 Å². The van der Waals surface area contributed by atoms with Gasteiger partial charge in [-0.25, -0.2) is 0 Å². The van der Waals surface area contributed by atoms with Gasteiger partial charge in [0.25, 0.3) is 0 Å². The molecule has 5 unspecified atom stereocenters. The molecule has 2 heterocycles. The van der Waals surface area contributed by atoms with E-state index in [1.165, 1.54) is 0 Å². The number of aliphatic hydroxyl groups excluding tert-OH is 2. The van der Waals surface area contributed by atoms with Crippen molar-refractivity contribution in [2.45, 2.75) is 25.2 Å². The summed E-state index contributed by atoms with van der Waals surface area (Å²) in [6.45, 7) is 1.85. The largest absolute Gasteiger partial charge is 0.396 e. The smallest absolute Gasteiger partial charge is 0.0822 e. The van der Waals surface area contributed by atoms with Crippen molar-refractivity contribution in [3.63, 3.8) is 0 Å². The first-order valence-corrected chi connectivity index (χ1v) is 4.36. The Balaban J connectivity index is 2.17. The minimum atomic E-state index is -0.401. The molecule has 0 saturated carbocycles. The van der Waals surface area contributed by atoms with Gasteiger partial charge in [0.1, 0.15) is 0 Å². The molecule has 0 aromatic rings. The number of fused-ring (bicyclic) bond motifs is 2. The third-order valence-corrected chi connectivity index (χ3v) is 2.87. The Labute approximate surface area is 71.7 Å². The van der Waals surface area contributed by atoms with E-state index >= 15 is 0 Å².